The number of carbonyl (C=O) groups excluding carboxylic acids is 1. The molecule has 0 aromatic heterocycles. The largest absolute Gasteiger partial charge is 0.384 e. The number of rotatable bonds is 5. The van der Waals surface area contributed by atoms with Crippen molar-refractivity contribution in [1.29, 1.82) is 0 Å². The number of hydrogen-bond donors (Lipinski definition) is 1. The first-order chi connectivity index (χ1) is 9.68. The summed E-state index contributed by atoms with van der Waals surface area (Å²) >= 11 is 0. The summed E-state index contributed by atoms with van der Waals surface area (Å²) in [6, 6.07) is 0. The Labute approximate surface area is 134 Å². The SMILES string of the molecule is COCC1(C(=O)N(C)CC2CCCCO2)CCNCC1.Cl. The summed E-state index contributed by atoms with van der Waals surface area (Å²) in [5, 5.41) is 3.32. The third kappa shape index (κ3) is 4.81. The van der Waals surface area contributed by atoms with Gasteiger partial charge in [0.05, 0.1) is 18.1 Å². The van der Waals surface area contributed by atoms with Crippen molar-refractivity contribution in [3.8, 4) is 0 Å². The summed E-state index contributed by atoms with van der Waals surface area (Å²) < 4.78 is 11.1. The topological polar surface area (TPSA) is 50.8 Å². The van der Waals surface area contributed by atoms with E-state index in [1.165, 1.54) is 6.42 Å². The molecule has 0 aromatic rings. The van der Waals surface area contributed by atoms with Crippen molar-refractivity contribution < 1.29 is 14.3 Å². The van der Waals surface area contributed by atoms with Gasteiger partial charge in [-0.25, -0.2) is 0 Å². The highest BCUT2D eigenvalue weighted by Gasteiger charge is 2.41. The molecule has 0 aromatic carbocycles. The highest BCUT2D eigenvalue weighted by Crippen LogP contribution is 2.31. The monoisotopic (exact) mass is 320 g/mol. The molecule has 1 N–H and O–H groups in total. The van der Waals surface area contributed by atoms with Gasteiger partial charge in [0.15, 0.2) is 0 Å². The maximum atomic E-state index is 12.8. The molecule has 21 heavy (non-hydrogen) atoms. The summed E-state index contributed by atoms with van der Waals surface area (Å²) in [6.07, 6.45) is 5.34. The first-order valence-electron chi connectivity index (χ1n) is 7.75. The molecular formula is C15H29ClN2O3. The third-order valence-corrected chi connectivity index (χ3v) is 4.53. The number of nitrogens with zero attached hydrogens (tertiary/aromatic N) is 1. The van der Waals surface area contributed by atoms with E-state index < -0.39 is 0 Å². The number of halogens is 1. The molecule has 0 bridgehead atoms. The number of ether oxygens (including phenoxy) is 2. The Morgan fingerprint density at radius 2 is 2.10 bits per heavy atom. The highest BCUT2D eigenvalue weighted by molar-refractivity contribution is 5.85. The third-order valence-electron chi connectivity index (χ3n) is 4.53. The molecule has 0 saturated carbocycles. The van der Waals surface area contributed by atoms with Gasteiger partial charge in [-0.3, -0.25) is 4.79 Å². The lowest BCUT2D eigenvalue weighted by molar-refractivity contribution is -0.148. The van der Waals surface area contributed by atoms with Crippen molar-refractivity contribution in [3.63, 3.8) is 0 Å². The van der Waals surface area contributed by atoms with Crippen LogP contribution in [0.25, 0.3) is 0 Å². The quantitative estimate of drug-likeness (QED) is 0.833. The van der Waals surface area contributed by atoms with E-state index in [2.05, 4.69) is 5.32 Å². The summed E-state index contributed by atoms with van der Waals surface area (Å²) in [5.74, 6) is 0.218. The van der Waals surface area contributed by atoms with Crippen molar-refractivity contribution in [2.24, 2.45) is 5.41 Å². The molecule has 0 aliphatic carbocycles. The molecule has 2 saturated heterocycles. The van der Waals surface area contributed by atoms with Crippen LogP contribution in [0.5, 0.6) is 0 Å². The molecule has 2 aliphatic heterocycles. The Hall–Kier alpha value is -0.360. The molecule has 2 fully saturated rings. The molecule has 1 amide bonds. The van der Waals surface area contributed by atoms with Crippen LogP contribution < -0.4 is 5.32 Å². The first-order valence-corrected chi connectivity index (χ1v) is 7.75. The molecule has 2 aliphatic rings. The van der Waals surface area contributed by atoms with E-state index in [9.17, 15) is 4.79 Å². The zero-order valence-electron chi connectivity index (χ0n) is 13.2. The molecule has 2 heterocycles. The average Bonchev–Trinajstić information content (AvgIpc) is 2.48. The van der Waals surface area contributed by atoms with Crippen molar-refractivity contribution in [2.45, 2.75) is 38.2 Å². The van der Waals surface area contributed by atoms with E-state index in [-0.39, 0.29) is 29.8 Å². The van der Waals surface area contributed by atoms with Gasteiger partial charge in [-0.2, -0.15) is 0 Å². The maximum absolute atomic E-state index is 12.8. The predicted molar refractivity (Wildman–Crippen MR) is 84.9 cm³/mol. The predicted octanol–water partition coefficient (Wildman–Crippen LogP) is 1.45. The van der Waals surface area contributed by atoms with Gasteiger partial charge >= 0.3 is 0 Å². The molecule has 5 nitrogen and oxygen atoms in total. The zero-order valence-corrected chi connectivity index (χ0v) is 14.0. The van der Waals surface area contributed by atoms with E-state index in [1.54, 1.807) is 7.11 Å². The van der Waals surface area contributed by atoms with E-state index in [4.69, 9.17) is 9.47 Å². The standard InChI is InChI=1S/C15H28N2O3.ClH/c1-17(11-13-5-3-4-10-20-13)14(18)15(12-19-2)6-8-16-9-7-15;/h13,16H,3-12H2,1-2H3;1H. The van der Waals surface area contributed by atoms with Gasteiger partial charge in [0.2, 0.25) is 5.91 Å². The Bertz CT molecular complexity index is 311. The molecule has 1 unspecified atom stereocenters. The summed E-state index contributed by atoms with van der Waals surface area (Å²) in [6.45, 7) is 3.84. The number of hydrogen-bond acceptors (Lipinski definition) is 4. The Balaban J connectivity index is 0.00000220. The average molecular weight is 321 g/mol. The second-order valence-electron chi connectivity index (χ2n) is 6.14. The minimum absolute atomic E-state index is 0. The lowest BCUT2D eigenvalue weighted by Gasteiger charge is -2.39. The van der Waals surface area contributed by atoms with Crippen molar-refractivity contribution >= 4 is 18.3 Å². The van der Waals surface area contributed by atoms with Gasteiger partial charge in [-0.1, -0.05) is 0 Å². The van der Waals surface area contributed by atoms with Crippen LogP contribution >= 0.6 is 12.4 Å². The van der Waals surface area contributed by atoms with Crippen LogP contribution in [-0.4, -0.2) is 63.9 Å². The van der Waals surface area contributed by atoms with Gasteiger partial charge in [-0.05, 0) is 45.2 Å². The van der Waals surface area contributed by atoms with Crippen LogP contribution in [0, 0.1) is 5.41 Å². The number of piperidine rings is 1. The van der Waals surface area contributed by atoms with Gasteiger partial charge in [0, 0.05) is 27.3 Å². The fourth-order valence-corrected chi connectivity index (χ4v) is 3.35. The second-order valence-corrected chi connectivity index (χ2v) is 6.14. The van der Waals surface area contributed by atoms with Crippen LogP contribution in [-0.2, 0) is 14.3 Å². The smallest absolute Gasteiger partial charge is 0.231 e. The fourth-order valence-electron chi connectivity index (χ4n) is 3.35. The number of carbonyl (C=O) groups is 1. The van der Waals surface area contributed by atoms with Gasteiger partial charge in [0.25, 0.3) is 0 Å². The van der Waals surface area contributed by atoms with Crippen LogP contribution in [0.3, 0.4) is 0 Å². The normalized spacial score (nSPS) is 25.0. The van der Waals surface area contributed by atoms with Crippen LogP contribution in [0.1, 0.15) is 32.1 Å². The fraction of sp³-hybridized carbons (Fsp3) is 0.933. The summed E-state index contributed by atoms with van der Waals surface area (Å²) in [7, 11) is 3.58. The van der Waals surface area contributed by atoms with Crippen LogP contribution in [0.15, 0.2) is 0 Å². The number of nitrogens with one attached hydrogen (secondary N) is 1. The second kappa shape index (κ2) is 8.93. The summed E-state index contributed by atoms with van der Waals surface area (Å²) in [4.78, 5) is 14.7. The number of likely N-dealkylation sites (N-methyl/N-ethyl adjacent to an activating group) is 1. The Kier molecular flexibility index (Phi) is 7.95. The zero-order chi connectivity index (χ0) is 14.4. The lowest BCUT2D eigenvalue weighted by Crippen LogP contribution is -2.52. The molecule has 0 radical (unpaired) electrons. The highest BCUT2D eigenvalue weighted by atomic mass is 35.5. The van der Waals surface area contributed by atoms with E-state index in [0.717, 1.165) is 45.4 Å². The van der Waals surface area contributed by atoms with E-state index in [0.29, 0.717) is 13.2 Å². The number of methoxy groups -OCH3 is 1. The minimum atomic E-state index is -0.344. The van der Waals surface area contributed by atoms with Crippen LogP contribution in [0.2, 0.25) is 0 Å². The van der Waals surface area contributed by atoms with Gasteiger partial charge in [0.1, 0.15) is 0 Å². The van der Waals surface area contributed by atoms with Crippen molar-refractivity contribution in [2.75, 3.05) is 47.0 Å². The molecule has 1 atom stereocenters. The Morgan fingerprint density at radius 1 is 1.38 bits per heavy atom. The van der Waals surface area contributed by atoms with Crippen molar-refractivity contribution in [1.82, 2.24) is 10.2 Å². The van der Waals surface area contributed by atoms with Crippen molar-refractivity contribution in [3.05, 3.63) is 0 Å². The summed E-state index contributed by atoms with van der Waals surface area (Å²) in [5.41, 5.74) is -0.344. The number of amides is 1. The first kappa shape index (κ1) is 18.7. The van der Waals surface area contributed by atoms with Crippen LogP contribution in [0.4, 0.5) is 0 Å². The van der Waals surface area contributed by atoms with E-state index >= 15 is 0 Å². The maximum Gasteiger partial charge on any atom is 0.231 e. The molecule has 6 heteroatoms. The molecular weight excluding hydrogens is 292 g/mol. The lowest BCUT2D eigenvalue weighted by atomic mass is 9.78. The molecule has 2 rings (SSSR count). The van der Waals surface area contributed by atoms with Gasteiger partial charge in [-0.15, -0.1) is 12.4 Å². The van der Waals surface area contributed by atoms with Gasteiger partial charge < -0.3 is 19.7 Å². The van der Waals surface area contributed by atoms with E-state index in [1.807, 2.05) is 11.9 Å². The molecule has 124 valence electrons. The molecule has 0 spiro atoms. The minimum Gasteiger partial charge on any atom is -0.384 e. The Morgan fingerprint density at radius 3 is 2.67 bits per heavy atom.